The molecule has 0 aliphatic heterocycles. The molecule has 0 amide bonds. The monoisotopic (exact) mass is 397 g/mol. The van der Waals surface area contributed by atoms with Crippen molar-refractivity contribution in [2.75, 3.05) is 39.4 Å². The van der Waals surface area contributed by atoms with Gasteiger partial charge in [-0.3, -0.25) is 0 Å². The molecule has 1 unspecified atom stereocenters. The molecule has 0 aromatic carbocycles. The minimum atomic E-state index is -2.43. The van der Waals surface area contributed by atoms with Gasteiger partial charge in [0.2, 0.25) is 0 Å². The molecule has 0 rings (SSSR count). The average molecular weight is 398 g/mol. The second-order valence-corrected chi connectivity index (χ2v) is 22.5. The summed E-state index contributed by atoms with van der Waals surface area (Å²) in [4.78, 5) is 0. The Morgan fingerprint density at radius 3 is 1.65 bits per heavy atom. The maximum atomic E-state index is 5.53. The van der Waals surface area contributed by atoms with Crippen LogP contribution in [0, 0.1) is 5.92 Å². The van der Waals surface area contributed by atoms with Crippen molar-refractivity contribution in [3.8, 4) is 0 Å². The Balaban J connectivity index is 4.34. The molecule has 23 heavy (non-hydrogen) atoms. The van der Waals surface area contributed by atoms with E-state index < -0.39 is 25.3 Å². The lowest BCUT2D eigenvalue weighted by molar-refractivity contribution is 0.120. The van der Waals surface area contributed by atoms with Crippen molar-refractivity contribution in [1.82, 2.24) is 4.23 Å². The molecule has 0 aliphatic carbocycles. The standard InChI is InChI=1S/C15H39NO3SSi3/c1-15(14-23(17-2,18-3)19-4)13-20-12-11-16(21(5,6)7)22(8,9)10/h15H,11-14H2,1-10H3. The molecule has 0 fully saturated rings. The Morgan fingerprint density at radius 1 is 0.870 bits per heavy atom. The van der Waals surface area contributed by atoms with Crippen LogP contribution in [0.15, 0.2) is 0 Å². The van der Waals surface area contributed by atoms with Gasteiger partial charge in [0.1, 0.15) is 16.5 Å². The van der Waals surface area contributed by atoms with E-state index in [2.05, 4.69) is 62.2 Å². The Kier molecular flexibility index (Phi) is 10.5. The number of hydrogen-bond acceptors (Lipinski definition) is 5. The third kappa shape index (κ3) is 8.66. The molecule has 0 aliphatic rings. The van der Waals surface area contributed by atoms with Crippen molar-refractivity contribution in [2.24, 2.45) is 5.92 Å². The van der Waals surface area contributed by atoms with Crippen molar-refractivity contribution in [3.63, 3.8) is 0 Å². The summed E-state index contributed by atoms with van der Waals surface area (Å²) >= 11 is 2.05. The predicted molar refractivity (Wildman–Crippen MR) is 111 cm³/mol. The van der Waals surface area contributed by atoms with Gasteiger partial charge in [0.15, 0.2) is 0 Å². The maximum Gasteiger partial charge on any atom is 0.500 e. The van der Waals surface area contributed by atoms with Crippen molar-refractivity contribution in [2.45, 2.75) is 52.2 Å². The molecule has 0 radical (unpaired) electrons. The van der Waals surface area contributed by atoms with E-state index >= 15 is 0 Å². The molecule has 0 aromatic heterocycles. The van der Waals surface area contributed by atoms with E-state index in [9.17, 15) is 0 Å². The zero-order valence-corrected chi connectivity index (χ0v) is 20.8. The second kappa shape index (κ2) is 10.1. The van der Waals surface area contributed by atoms with E-state index in [1.807, 2.05) is 0 Å². The normalized spacial score (nSPS) is 15.3. The molecule has 4 nitrogen and oxygen atoms in total. The zero-order chi connectivity index (χ0) is 18.3. The third-order valence-corrected chi connectivity index (χ3v) is 16.1. The fourth-order valence-electron chi connectivity index (χ4n) is 3.10. The first kappa shape index (κ1) is 23.8. The minimum Gasteiger partial charge on any atom is -0.377 e. The van der Waals surface area contributed by atoms with Crippen molar-refractivity contribution < 1.29 is 13.3 Å². The molecule has 0 saturated heterocycles. The van der Waals surface area contributed by atoms with Crippen LogP contribution in [-0.2, 0) is 13.3 Å². The second-order valence-electron chi connectivity index (χ2n) is 8.17. The average Bonchev–Trinajstić information content (AvgIpc) is 2.41. The lowest BCUT2D eigenvalue weighted by atomic mass is 10.3. The maximum absolute atomic E-state index is 5.53. The van der Waals surface area contributed by atoms with Gasteiger partial charge in [0, 0.05) is 33.1 Å². The fourth-order valence-corrected chi connectivity index (χ4v) is 16.2. The molecule has 0 heterocycles. The molecule has 0 bridgehead atoms. The van der Waals surface area contributed by atoms with Crippen LogP contribution in [0.3, 0.4) is 0 Å². The van der Waals surface area contributed by atoms with Crippen molar-refractivity contribution >= 4 is 37.0 Å². The van der Waals surface area contributed by atoms with Gasteiger partial charge < -0.3 is 17.5 Å². The highest BCUT2D eigenvalue weighted by molar-refractivity contribution is 7.99. The molecular weight excluding hydrogens is 358 g/mol. The first-order valence-corrected chi connectivity index (χ1v) is 18.4. The third-order valence-electron chi connectivity index (χ3n) is 4.01. The van der Waals surface area contributed by atoms with Gasteiger partial charge in [-0.05, 0) is 18.2 Å². The molecule has 1 atom stereocenters. The van der Waals surface area contributed by atoms with Crippen LogP contribution in [-0.4, -0.2) is 68.9 Å². The highest BCUT2D eigenvalue weighted by Gasteiger charge is 2.39. The first-order chi connectivity index (χ1) is 10.4. The van der Waals surface area contributed by atoms with Gasteiger partial charge >= 0.3 is 8.80 Å². The van der Waals surface area contributed by atoms with Gasteiger partial charge in [0.05, 0.1) is 0 Å². The van der Waals surface area contributed by atoms with Crippen LogP contribution in [0.25, 0.3) is 0 Å². The molecule has 0 aromatic rings. The summed E-state index contributed by atoms with van der Waals surface area (Å²) in [6.45, 7) is 18.3. The number of rotatable bonds is 12. The van der Waals surface area contributed by atoms with E-state index in [-0.39, 0.29) is 0 Å². The van der Waals surface area contributed by atoms with E-state index in [1.54, 1.807) is 21.3 Å². The topological polar surface area (TPSA) is 30.9 Å². The summed E-state index contributed by atoms with van der Waals surface area (Å²) in [5, 5.41) is 0. The summed E-state index contributed by atoms with van der Waals surface area (Å²) in [6, 6.07) is 0.884. The van der Waals surface area contributed by atoms with E-state index in [0.29, 0.717) is 5.92 Å². The van der Waals surface area contributed by atoms with E-state index in [0.717, 1.165) is 11.8 Å². The Morgan fingerprint density at radius 2 is 1.30 bits per heavy atom. The van der Waals surface area contributed by atoms with E-state index in [4.69, 9.17) is 13.3 Å². The summed E-state index contributed by atoms with van der Waals surface area (Å²) in [5.41, 5.74) is 0. The largest absolute Gasteiger partial charge is 0.500 e. The van der Waals surface area contributed by atoms with Gasteiger partial charge in [-0.2, -0.15) is 11.8 Å². The Bertz CT molecular complexity index is 309. The summed E-state index contributed by atoms with van der Waals surface area (Å²) in [5.74, 6) is 2.88. The van der Waals surface area contributed by atoms with Gasteiger partial charge in [-0.1, -0.05) is 46.2 Å². The number of hydrogen-bond donors (Lipinski definition) is 0. The summed E-state index contributed by atoms with van der Waals surface area (Å²) in [6.07, 6.45) is 0. The summed E-state index contributed by atoms with van der Waals surface area (Å²) < 4.78 is 19.4. The quantitative estimate of drug-likeness (QED) is 0.364. The van der Waals surface area contributed by atoms with Crippen LogP contribution in [0.4, 0.5) is 0 Å². The smallest absolute Gasteiger partial charge is 0.377 e. The van der Waals surface area contributed by atoms with Crippen LogP contribution in [0.2, 0.25) is 45.3 Å². The van der Waals surface area contributed by atoms with Crippen LogP contribution in [0.1, 0.15) is 6.92 Å². The lowest BCUT2D eigenvalue weighted by Gasteiger charge is -2.43. The van der Waals surface area contributed by atoms with Gasteiger partial charge in [-0.15, -0.1) is 0 Å². The SMILES string of the molecule is CO[Si](CC(C)CSCCN([Si](C)(C)C)[Si](C)(C)C)(OC)OC. The minimum absolute atomic E-state index is 0.540. The van der Waals surface area contributed by atoms with Crippen LogP contribution in [0.5, 0.6) is 0 Å². The van der Waals surface area contributed by atoms with Crippen LogP contribution >= 0.6 is 11.8 Å². The first-order valence-electron chi connectivity index (χ1n) is 8.43. The van der Waals surface area contributed by atoms with Crippen LogP contribution < -0.4 is 0 Å². The summed E-state index contributed by atoms with van der Waals surface area (Å²) in [7, 11) is 0.195. The highest BCUT2D eigenvalue weighted by atomic mass is 32.2. The predicted octanol–water partition coefficient (Wildman–Crippen LogP) is 4.21. The van der Waals surface area contributed by atoms with E-state index in [1.165, 1.54) is 12.3 Å². The molecule has 8 heteroatoms. The number of nitrogens with zero attached hydrogens (tertiary/aromatic N) is 1. The Labute approximate surface area is 152 Å². The number of thioether (sulfide) groups is 1. The van der Waals surface area contributed by atoms with Gasteiger partial charge in [-0.25, -0.2) is 0 Å². The van der Waals surface area contributed by atoms with Gasteiger partial charge in [0.25, 0.3) is 0 Å². The Hall–Kier alpha value is 0.841. The zero-order valence-electron chi connectivity index (χ0n) is 17.0. The molecule has 0 spiro atoms. The molecular formula is C15H39NO3SSi3. The molecule has 0 saturated carbocycles. The molecule has 0 N–H and O–H groups in total. The van der Waals surface area contributed by atoms with Crippen molar-refractivity contribution in [1.29, 1.82) is 0 Å². The van der Waals surface area contributed by atoms with Crippen molar-refractivity contribution in [3.05, 3.63) is 0 Å². The lowest BCUT2D eigenvalue weighted by Crippen LogP contribution is -2.59. The fraction of sp³-hybridized carbons (Fsp3) is 1.00. The highest BCUT2D eigenvalue weighted by Crippen LogP contribution is 2.24. The molecule has 140 valence electrons.